The molecular weight excluding hydrogens is 343 g/mol. The van der Waals surface area contributed by atoms with Crippen molar-refractivity contribution >= 4 is 10.8 Å². The molecule has 1 aromatic heterocycles. The van der Waals surface area contributed by atoms with Crippen molar-refractivity contribution < 1.29 is 13.5 Å². The van der Waals surface area contributed by atoms with Crippen LogP contribution >= 0.6 is 0 Å². The van der Waals surface area contributed by atoms with E-state index in [2.05, 4.69) is 13.5 Å². The fourth-order valence-corrected chi connectivity index (χ4v) is 3.19. The molecule has 0 aliphatic rings. The number of benzene rings is 1. The van der Waals surface area contributed by atoms with E-state index in [0.29, 0.717) is 30.6 Å². The molecule has 0 N–H and O–H groups in total. The highest BCUT2D eigenvalue weighted by Gasteiger charge is 2.14. The van der Waals surface area contributed by atoms with Gasteiger partial charge in [0.25, 0.3) is 0 Å². The number of hydrogen-bond acceptors (Lipinski definition) is 3. The van der Waals surface area contributed by atoms with Crippen LogP contribution in [-0.4, -0.2) is 6.61 Å². The minimum Gasteiger partial charge on any atom is -0.490 e. The summed E-state index contributed by atoms with van der Waals surface area (Å²) in [5, 5.41) is 0.528. The first kappa shape index (κ1) is 21.2. The van der Waals surface area contributed by atoms with Crippen LogP contribution in [0.4, 0.5) is 4.39 Å². The molecule has 0 bridgehead atoms. The van der Waals surface area contributed by atoms with Crippen LogP contribution in [0, 0.1) is 5.82 Å². The molecule has 1 aromatic carbocycles. The lowest BCUT2D eigenvalue weighted by Gasteiger charge is -2.08. The van der Waals surface area contributed by atoms with Gasteiger partial charge in [0, 0.05) is 6.42 Å². The van der Waals surface area contributed by atoms with Crippen molar-refractivity contribution in [1.29, 1.82) is 0 Å². The number of rotatable bonds is 13. The van der Waals surface area contributed by atoms with Crippen LogP contribution in [0.15, 0.2) is 40.1 Å². The number of unbranched alkanes of at least 4 members (excludes halogenated alkanes) is 7. The summed E-state index contributed by atoms with van der Waals surface area (Å²) >= 11 is 0. The molecule has 0 aliphatic heterocycles. The van der Waals surface area contributed by atoms with Crippen LogP contribution in [0.3, 0.4) is 0 Å². The van der Waals surface area contributed by atoms with Crippen LogP contribution in [0.2, 0.25) is 0 Å². The molecular formula is C23H31FO3. The van der Waals surface area contributed by atoms with E-state index in [-0.39, 0.29) is 11.1 Å². The summed E-state index contributed by atoms with van der Waals surface area (Å²) in [5.41, 5.74) is -0.631. The van der Waals surface area contributed by atoms with Gasteiger partial charge in [0.15, 0.2) is 11.6 Å². The third-order valence-electron chi connectivity index (χ3n) is 4.74. The first-order valence-corrected chi connectivity index (χ1v) is 10.2. The van der Waals surface area contributed by atoms with Crippen molar-refractivity contribution in [1.82, 2.24) is 0 Å². The minimum absolute atomic E-state index is 0.0363. The van der Waals surface area contributed by atoms with Crippen LogP contribution in [0.1, 0.15) is 70.5 Å². The quantitative estimate of drug-likeness (QED) is 0.294. The first-order valence-electron chi connectivity index (χ1n) is 10.2. The molecule has 3 nitrogen and oxygen atoms in total. The van der Waals surface area contributed by atoms with E-state index < -0.39 is 11.4 Å². The number of ether oxygens (including phenoxy) is 1. The standard InChI is InChI=1S/C23H31FO3/c1-3-5-7-8-9-10-11-12-13-19-17-18-14-15-20(26-16-6-4-2)22(24)21(18)23(25)27-19/h4,14-15,17H,2-3,5-13,16H2,1H3. The summed E-state index contributed by atoms with van der Waals surface area (Å²) < 4.78 is 25.3. The Labute approximate surface area is 161 Å². The molecule has 0 saturated carbocycles. The summed E-state index contributed by atoms with van der Waals surface area (Å²) in [6, 6.07) is 5.06. The molecule has 148 valence electrons. The molecule has 0 spiro atoms. The summed E-state index contributed by atoms with van der Waals surface area (Å²) in [6.07, 6.45) is 12.8. The van der Waals surface area contributed by atoms with Gasteiger partial charge in [0.1, 0.15) is 11.1 Å². The van der Waals surface area contributed by atoms with Crippen LogP contribution in [0.25, 0.3) is 10.8 Å². The Kier molecular flexibility index (Phi) is 9.09. The molecule has 0 amide bonds. The van der Waals surface area contributed by atoms with Crippen molar-refractivity contribution in [3.05, 3.63) is 52.9 Å². The first-order chi connectivity index (χ1) is 13.2. The summed E-state index contributed by atoms with van der Waals surface area (Å²) in [4.78, 5) is 12.3. The molecule has 0 radical (unpaired) electrons. The highest BCUT2D eigenvalue weighted by atomic mass is 19.1. The highest BCUT2D eigenvalue weighted by Crippen LogP contribution is 2.25. The maximum absolute atomic E-state index is 14.6. The molecule has 1 heterocycles. The third kappa shape index (κ3) is 6.53. The van der Waals surface area contributed by atoms with Gasteiger partial charge in [-0.15, -0.1) is 6.58 Å². The van der Waals surface area contributed by atoms with Crippen molar-refractivity contribution in [2.45, 2.75) is 71.1 Å². The van der Waals surface area contributed by atoms with E-state index in [0.717, 1.165) is 12.8 Å². The minimum atomic E-state index is -0.649. The second kappa shape index (κ2) is 11.6. The lowest BCUT2D eigenvalue weighted by Crippen LogP contribution is -2.07. The van der Waals surface area contributed by atoms with Gasteiger partial charge in [-0.25, -0.2) is 9.18 Å². The predicted molar refractivity (Wildman–Crippen MR) is 109 cm³/mol. The predicted octanol–water partition coefficient (Wildman–Crippen LogP) is 6.57. The van der Waals surface area contributed by atoms with Gasteiger partial charge in [0.2, 0.25) is 0 Å². The van der Waals surface area contributed by atoms with Crippen LogP contribution in [0.5, 0.6) is 5.75 Å². The molecule has 4 heteroatoms. The Bertz CT molecular complexity index is 779. The monoisotopic (exact) mass is 374 g/mol. The van der Waals surface area contributed by atoms with Gasteiger partial charge in [0.05, 0.1) is 6.61 Å². The van der Waals surface area contributed by atoms with Crippen LogP contribution < -0.4 is 10.4 Å². The zero-order chi connectivity index (χ0) is 19.5. The van der Waals surface area contributed by atoms with Gasteiger partial charge >= 0.3 is 5.63 Å². The molecule has 27 heavy (non-hydrogen) atoms. The van der Waals surface area contributed by atoms with E-state index in [1.54, 1.807) is 24.3 Å². The maximum atomic E-state index is 14.6. The fourth-order valence-electron chi connectivity index (χ4n) is 3.19. The third-order valence-corrected chi connectivity index (χ3v) is 4.74. The number of hydrogen-bond donors (Lipinski definition) is 0. The Morgan fingerprint density at radius 1 is 1.11 bits per heavy atom. The Hall–Kier alpha value is -2.10. The lowest BCUT2D eigenvalue weighted by molar-refractivity contribution is 0.309. The van der Waals surface area contributed by atoms with Crippen molar-refractivity contribution in [2.24, 2.45) is 0 Å². The van der Waals surface area contributed by atoms with E-state index in [4.69, 9.17) is 9.15 Å². The maximum Gasteiger partial charge on any atom is 0.346 e. The Balaban J connectivity index is 1.93. The molecule has 0 unspecified atom stereocenters. The zero-order valence-electron chi connectivity index (χ0n) is 16.4. The van der Waals surface area contributed by atoms with Crippen molar-refractivity contribution in [2.75, 3.05) is 6.61 Å². The van der Waals surface area contributed by atoms with Gasteiger partial charge < -0.3 is 9.15 Å². The SMILES string of the molecule is C=CCCOc1ccc2cc(CCCCCCCCCC)oc(=O)c2c1F. The van der Waals surface area contributed by atoms with Gasteiger partial charge in [-0.2, -0.15) is 0 Å². The van der Waals surface area contributed by atoms with Gasteiger partial charge in [-0.1, -0.05) is 64.0 Å². The summed E-state index contributed by atoms with van der Waals surface area (Å²) in [6.45, 7) is 6.15. The number of fused-ring (bicyclic) bond motifs is 1. The van der Waals surface area contributed by atoms with E-state index in [1.807, 2.05) is 0 Å². The number of aryl methyl sites for hydroxylation is 1. The van der Waals surface area contributed by atoms with Crippen molar-refractivity contribution in [3.8, 4) is 5.75 Å². The molecule has 2 aromatic rings. The van der Waals surface area contributed by atoms with E-state index in [9.17, 15) is 9.18 Å². The van der Waals surface area contributed by atoms with Gasteiger partial charge in [-0.3, -0.25) is 0 Å². The average molecular weight is 374 g/mol. The summed E-state index contributed by atoms with van der Waals surface area (Å²) in [7, 11) is 0. The smallest absolute Gasteiger partial charge is 0.346 e. The number of halogens is 1. The van der Waals surface area contributed by atoms with E-state index in [1.165, 1.54) is 38.5 Å². The Morgan fingerprint density at radius 2 is 1.81 bits per heavy atom. The largest absolute Gasteiger partial charge is 0.490 e. The Morgan fingerprint density at radius 3 is 2.52 bits per heavy atom. The van der Waals surface area contributed by atoms with Gasteiger partial charge in [-0.05, 0) is 30.4 Å². The second-order valence-electron chi connectivity index (χ2n) is 6.99. The van der Waals surface area contributed by atoms with Crippen LogP contribution in [-0.2, 0) is 6.42 Å². The molecule has 0 fully saturated rings. The molecule has 0 aliphatic carbocycles. The second-order valence-corrected chi connectivity index (χ2v) is 6.99. The molecule has 2 rings (SSSR count). The van der Waals surface area contributed by atoms with E-state index >= 15 is 0 Å². The highest BCUT2D eigenvalue weighted by molar-refractivity contribution is 5.83. The average Bonchev–Trinajstić information content (AvgIpc) is 2.65. The normalized spacial score (nSPS) is 11.0. The topological polar surface area (TPSA) is 39.4 Å². The molecule has 0 saturated heterocycles. The fraction of sp³-hybridized carbons (Fsp3) is 0.522. The lowest BCUT2D eigenvalue weighted by atomic mass is 10.1. The summed E-state index contributed by atoms with van der Waals surface area (Å²) in [5.74, 6) is 0.0506. The zero-order valence-corrected chi connectivity index (χ0v) is 16.4. The van der Waals surface area contributed by atoms with Crippen molar-refractivity contribution in [3.63, 3.8) is 0 Å². The molecule has 0 atom stereocenters.